The van der Waals surface area contributed by atoms with Crippen molar-refractivity contribution in [3.63, 3.8) is 0 Å². The van der Waals surface area contributed by atoms with Crippen molar-refractivity contribution in [2.45, 2.75) is 9.79 Å². The summed E-state index contributed by atoms with van der Waals surface area (Å²) in [5, 5.41) is 36.0. The number of nitrogens with one attached hydrogen (secondary N) is 2. The molecule has 2 heterocycles. The number of rotatable bonds is 11. The van der Waals surface area contributed by atoms with Crippen LogP contribution in [0.5, 0.6) is 0 Å². The summed E-state index contributed by atoms with van der Waals surface area (Å²) in [6.07, 6.45) is 0. The molecule has 0 fully saturated rings. The Labute approximate surface area is 303 Å². The number of anilines is 4. The van der Waals surface area contributed by atoms with Crippen LogP contribution in [-0.4, -0.2) is 82.8 Å². The smallest absolute Gasteiger partial charge is 0.358 e. The number of hydrazone groups is 4. The number of carboxylic acids is 2. The number of benzene rings is 4. The Morgan fingerprint density at radius 3 is 1.24 bits per heavy atom. The monoisotopic (exact) mass is 774 g/mol. The second-order valence-corrected chi connectivity index (χ2v) is 13.7. The minimum absolute atomic E-state index is 0.223. The summed E-state index contributed by atoms with van der Waals surface area (Å²) < 4.78 is 70.5. The predicted molar refractivity (Wildman–Crippen MR) is 192 cm³/mol. The maximum absolute atomic E-state index is 13.0. The molecule has 0 saturated carbocycles. The number of hydrogen-bond donors (Lipinski definition) is 6. The average molecular weight is 775 g/mol. The molecule has 20 nitrogen and oxygen atoms in total. The second-order valence-electron chi connectivity index (χ2n) is 10.9. The zero-order valence-electron chi connectivity index (χ0n) is 26.8. The number of hydrogen-bond acceptors (Lipinski definition) is 14. The number of amides is 2. The lowest BCUT2D eigenvalue weighted by atomic mass is 10.0. The van der Waals surface area contributed by atoms with Gasteiger partial charge in [0, 0.05) is 11.1 Å². The molecule has 2 amide bonds. The van der Waals surface area contributed by atoms with Gasteiger partial charge in [-0.15, -0.1) is 0 Å². The quantitative estimate of drug-likeness (QED) is 0.0942. The lowest BCUT2D eigenvalue weighted by Gasteiger charge is -2.14. The van der Waals surface area contributed by atoms with E-state index in [1.807, 2.05) is 0 Å². The van der Waals surface area contributed by atoms with E-state index in [-0.39, 0.29) is 22.7 Å². The molecule has 0 bridgehead atoms. The summed E-state index contributed by atoms with van der Waals surface area (Å²) in [6, 6.07) is 21.5. The first-order valence-corrected chi connectivity index (χ1v) is 17.8. The lowest BCUT2D eigenvalue weighted by Crippen LogP contribution is -2.30. The van der Waals surface area contributed by atoms with Crippen molar-refractivity contribution in [1.29, 1.82) is 0 Å². The molecule has 4 aromatic carbocycles. The van der Waals surface area contributed by atoms with Crippen LogP contribution in [0.1, 0.15) is 0 Å². The zero-order valence-corrected chi connectivity index (χ0v) is 28.4. The predicted octanol–water partition coefficient (Wildman–Crippen LogP) is 2.36. The van der Waals surface area contributed by atoms with Crippen LogP contribution in [0.3, 0.4) is 0 Å². The first-order chi connectivity index (χ1) is 25.5. The second kappa shape index (κ2) is 14.1. The Balaban J connectivity index is 1.33. The van der Waals surface area contributed by atoms with Gasteiger partial charge in [0.1, 0.15) is 9.79 Å². The van der Waals surface area contributed by atoms with Gasteiger partial charge in [-0.3, -0.25) is 29.5 Å². The first kappa shape index (κ1) is 36.6. The zero-order chi connectivity index (χ0) is 38.9. The van der Waals surface area contributed by atoms with Crippen molar-refractivity contribution in [3.05, 3.63) is 97.1 Å². The molecule has 2 aliphatic heterocycles. The van der Waals surface area contributed by atoms with E-state index in [9.17, 15) is 55.3 Å². The van der Waals surface area contributed by atoms with Crippen LogP contribution in [0.15, 0.2) is 127 Å². The summed E-state index contributed by atoms with van der Waals surface area (Å²) in [5.41, 5.74) is 0.994. The van der Waals surface area contributed by atoms with Crippen LogP contribution < -0.4 is 20.9 Å². The molecule has 54 heavy (non-hydrogen) atoms. The van der Waals surface area contributed by atoms with Gasteiger partial charge in [-0.25, -0.2) is 9.59 Å². The van der Waals surface area contributed by atoms with E-state index in [0.29, 0.717) is 0 Å². The van der Waals surface area contributed by atoms with Crippen molar-refractivity contribution in [2.75, 3.05) is 20.9 Å². The van der Waals surface area contributed by atoms with Crippen LogP contribution in [0.25, 0.3) is 11.1 Å². The van der Waals surface area contributed by atoms with E-state index in [4.69, 9.17) is 0 Å². The van der Waals surface area contributed by atoms with E-state index in [0.717, 1.165) is 46.4 Å². The highest BCUT2D eigenvalue weighted by atomic mass is 32.2. The highest BCUT2D eigenvalue weighted by molar-refractivity contribution is 7.86. The highest BCUT2D eigenvalue weighted by Crippen LogP contribution is 2.36. The minimum Gasteiger partial charge on any atom is -0.476 e. The van der Waals surface area contributed by atoms with Crippen molar-refractivity contribution in [2.24, 2.45) is 20.4 Å². The fourth-order valence-corrected chi connectivity index (χ4v) is 6.53. The van der Waals surface area contributed by atoms with Crippen molar-refractivity contribution in [1.82, 2.24) is 0 Å². The third-order valence-electron chi connectivity index (χ3n) is 7.45. The van der Waals surface area contributed by atoms with Crippen molar-refractivity contribution >= 4 is 89.6 Å². The number of carbonyl (C=O) groups is 4. The number of para-hydroxylation sites is 2. The topological polar surface area (TPSA) is 297 Å². The molecule has 0 radical (unpaired) electrons. The SMILES string of the molecule is O=C(O)C1=NN(c2ccccc2)C(=O)/C1=N\Nc1ccc(-c2ccc(N/N=C3\C(=O)N(c4ccccc4)N=C3C(=O)O)cc2S(=O)(=O)O)c(S(=O)(=O)O)c1. The molecule has 22 heteroatoms. The van der Waals surface area contributed by atoms with Gasteiger partial charge in [0.2, 0.25) is 11.4 Å². The normalized spacial score (nSPS) is 16.1. The minimum atomic E-state index is -5.17. The standard InChI is InChI=1S/C32H22N8O12S2/c41-29-25(27(31(43)44)37-39(29)19-7-3-1-4-8-19)35-33-17-11-13-21(23(15-17)53(47,48)49)22-14-12-18(16-24(22)54(50,51)52)34-36-26-28(32(45)46)38-40(30(26)42)20-9-5-2-6-10-20/h1-16,33-34H,(H,43,44)(H,45,46)(H,47,48,49)(H,50,51,52)/b35-25-,36-26-. The van der Waals surface area contributed by atoms with Crippen LogP contribution in [0, 0.1) is 0 Å². The van der Waals surface area contributed by atoms with E-state index in [2.05, 4.69) is 31.3 Å². The third-order valence-corrected chi connectivity index (χ3v) is 9.24. The number of carbonyl (C=O) groups excluding carboxylic acids is 2. The van der Waals surface area contributed by atoms with Crippen LogP contribution in [0.2, 0.25) is 0 Å². The van der Waals surface area contributed by atoms with Gasteiger partial charge in [0.15, 0.2) is 11.4 Å². The van der Waals surface area contributed by atoms with E-state index < -0.39 is 87.8 Å². The van der Waals surface area contributed by atoms with Crippen molar-refractivity contribution in [3.8, 4) is 11.1 Å². The Kier molecular flexibility index (Phi) is 9.58. The van der Waals surface area contributed by atoms with E-state index >= 15 is 0 Å². The summed E-state index contributed by atoms with van der Waals surface area (Å²) in [5.74, 6) is -5.08. The maximum atomic E-state index is 13.0. The largest absolute Gasteiger partial charge is 0.476 e. The molecule has 6 N–H and O–H groups in total. The van der Waals surface area contributed by atoms with E-state index in [1.54, 1.807) is 36.4 Å². The molecule has 0 aliphatic carbocycles. The molecule has 0 unspecified atom stereocenters. The highest BCUT2D eigenvalue weighted by Gasteiger charge is 2.38. The molecule has 0 spiro atoms. The summed E-state index contributed by atoms with van der Waals surface area (Å²) in [4.78, 5) is 47.9. The maximum Gasteiger partial charge on any atom is 0.358 e. The molecule has 4 aromatic rings. The Morgan fingerprint density at radius 1 is 0.574 bits per heavy atom. The number of nitrogens with zero attached hydrogens (tertiary/aromatic N) is 6. The fraction of sp³-hybridized carbons (Fsp3) is 0. The van der Waals surface area contributed by atoms with E-state index in [1.165, 1.54) is 24.3 Å². The molecule has 274 valence electrons. The van der Waals surface area contributed by atoms with Gasteiger partial charge in [-0.05, 0) is 48.5 Å². The summed E-state index contributed by atoms with van der Waals surface area (Å²) in [7, 11) is -10.3. The molecular formula is C32H22N8O12S2. The van der Waals surface area contributed by atoms with Crippen molar-refractivity contribution < 1.29 is 55.3 Å². The third kappa shape index (κ3) is 7.28. The number of aliphatic carboxylic acids is 2. The number of carboxylic acid groups (broad SMARTS) is 2. The molecule has 0 saturated heterocycles. The molecule has 6 rings (SSSR count). The van der Waals surface area contributed by atoms with Gasteiger partial charge >= 0.3 is 23.8 Å². The summed E-state index contributed by atoms with van der Waals surface area (Å²) >= 11 is 0. The van der Waals surface area contributed by atoms with Gasteiger partial charge < -0.3 is 10.2 Å². The van der Waals surface area contributed by atoms with Crippen LogP contribution >= 0.6 is 0 Å². The lowest BCUT2D eigenvalue weighted by molar-refractivity contribution is -0.130. The molecule has 0 atom stereocenters. The molecule has 2 aliphatic rings. The van der Waals surface area contributed by atoms with Crippen LogP contribution in [0.4, 0.5) is 22.7 Å². The van der Waals surface area contributed by atoms with Gasteiger partial charge in [-0.2, -0.15) is 47.3 Å². The van der Waals surface area contributed by atoms with Gasteiger partial charge in [0.25, 0.3) is 20.2 Å². The first-order valence-electron chi connectivity index (χ1n) is 14.9. The Morgan fingerprint density at radius 2 is 0.926 bits per heavy atom. The Bertz CT molecular complexity index is 2430. The molecule has 0 aromatic heterocycles. The van der Waals surface area contributed by atoms with Gasteiger partial charge in [-0.1, -0.05) is 48.5 Å². The summed E-state index contributed by atoms with van der Waals surface area (Å²) in [6.45, 7) is 0. The average Bonchev–Trinajstić information content (AvgIpc) is 3.65. The van der Waals surface area contributed by atoms with Gasteiger partial charge in [0.05, 0.1) is 22.7 Å². The fourth-order valence-electron chi connectivity index (χ4n) is 5.06. The molecular weight excluding hydrogens is 753 g/mol. The van der Waals surface area contributed by atoms with Crippen LogP contribution in [-0.2, 0) is 39.4 Å². The Hall–Kier alpha value is -7.14.